The number of carbonyl (C=O) groups excluding carboxylic acids is 2. The lowest BCUT2D eigenvalue weighted by Gasteiger charge is -2.27. The number of amides is 1. The van der Waals surface area contributed by atoms with Crippen LogP contribution in [0.1, 0.15) is 29.3 Å². The van der Waals surface area contributed by atoms with Crippen LogP contribution in [-0.4, -0.2) is 24.7 Å². The van der Waals surface area contributed by atoms with Crippen molar-refractivity contribution < 1.29 is 27.5 Å². The SMILES string of the molecule is CC(=O)OCC1=CC=C(NC(=O)c2ccc(C)c(N)c2)CC1C(F)(F)F. The van der Waals surface area contributed by atoms with Gasteiger partial charge in [-0.25, -0.2) is 0 Å². The highest BCUT2D eigenvalue weighted by Gasteiger charge is 2.43. The maximum atomic E-state index is 13.3. The Balaban J connectivity index is 2.17. The largest absolute Gasteiger partial charge is 0.461 e. The third-order valence-corrected chi connectivity index (χ3v) is 4.02. The molecule has 2 rings (SSSR count). The average Bonchev–Trinajstić information content (AvgIpc) is 2.55. The quantitative estimate of drug-likeness (QED) is 0.631. The zero-order chi connectivity index (χ0) is 19.5. The molecule has 26 heavy (non-hydrogen) atoms. The molecule has 0 saturated heterocycles. The molecule has 0 bridgehead atoms. The third kappa shape index (κ3) is 4.87. The van der Waals surface area contributed by atoms with Crippen molar-refractivity contribution >= 4 is 17.6 Å². The van der Waals surface area contributed by atoms with E-state index in [0.717, 1.165) is 12.5 Å². The van der Waals surface area contributed by atoms with E-state index >= 15 is 0 Å². The topological polar surface area (TPSA) is 81.4 Å². The summed E-state index contributed by atoms with van der Waals surface area (Å²) in [6.07, 6.45) is -2.35. The van der Waals surface area contributed by atoms with Gasteiger partial charge >= 0.3 is 12.1 Å². The summed E-state index contributed by atoms with van der Waals surface area (Å²) in [5.41, 5.74) is 7.30. The van der Waals surface area contributed by atoms with Crippen LogP contribution in [0.25, 0.3) is 0 Å². The first-order chi connectivity index (χ1) is 12.1. The highest BCUT2D eigenvalue weighted by atomic mass is 19.4. The van der Waals surface area contributed by atoms with E-state index in [-0.39, 0.29) is 16.8 Å². The van der Waals surface area contributed by atoms with E-state index in [9.17, 15) is 22.8 Å². The van der Waals surface area contributed by atoms with Gasteiger partial charge in [0.25, 0.3) is 5.91 Å². The first-order valence-electron chi connectivity index (χ1n) is 7.85. The smallest absolute Gasteiger partial charge is 0.395 e. The highest BCUT2D eigenvalue weighted by Crippen LogP contribution is 2.38. The van der Waals surface area contributed by atoms with Crippen LogP contribution in [0.3, 0.4) is 0 Å². The first kappa shape index (κ1) is 19.6. The van der Waals surface area contributed by atoms with Crippen LogP contribution in [0.15, 0.2) is 41.6 Å². The van der Waals surface area contributed by atoms with Crippen LogP contribution in [0.2, 0.25) is 0 Å². The Morgan fingerprint density at radius 3 is 2.58 bits per heavy atom. The zero-order valence-corrected chi connectivity index (χ0v) is 14.3. The Morgan fingerprint density at radius 2 is 2.00 bits per heavy atom. The number of hydrogen-bond donors (Lipinski definition) is 2. The predicted octanol–water partition coefficient (Wildman–Crippen LogP) is 3.26. The Morgan fingerprint density at radius 1 is 1.31 bits per heavy atom. The summed E-state index contributed by atoms with van der Waals surface area (Å²) < 4.78 is 44.6. The molecule has 0 aliphatic heterocycles. The molecule has 5 nitrogen and oxygen atoms in total. The van der Waals surface area contributed by atoms with Gasteiger partial charge in [0.1, 0.15) is 6.61 Å². The van der Waals surface area contributed by atoms with E-state index in [1.54, 1.807) is 19.1 Å². The predicted molar refractivity (Wildman–Crippen MR) is 90.0 cm³/mol. The van der Waals surface area contributed by atoms with Crippen molar-refractivity contribution in [3.05, 3.63) is 52.7 Å². The molecule has 140 valence electrons. The number of halogens is 3. The van der Waals surface area contributed by atoms with Crippen molar-refractivity contribution in [1.29, 1.82) is 0 Å². The number of hydrogen-bond acceptors (Lipinski definition) is 4. The second kappa shape index (κ2) is 7.63. The third-order valence-electron chi connectivity index (χ3n) is 4.02. The van der Waals surface area contributed by atoms with Gasteiger partial charge < -0.3 is 15.8 Å². The normalized spacial score (nSPS) is 17.2. The number of nitrogens with two attached hydrogens (primary N) is 1. The van der Waals surface area contributed by atoms with Gasteiger partial charge in [-0.05, 0) is 36.3 Å². The standard InChI is InChI=1S/C18H19F3N2O3/c1-10-3-4-12(7-16(10)22)17(25)23-14-6-5-13(9-26-11(2)24)15(8-14)18(19,20)21/h3-7,15H,8-9,22H2,1-2H3,(H,23,25). The molecule has 0 radical (unpaired) electrons. The average molecular weight is 368 g/mol. The summed E-state index contributed by atoms with van der Waals surface area (Å²) in [5.74, 6) is -3.03. The van der Waals surface area contributed by atoms with Crippen LogP contribution < -0.4 is 11.1 Å². The Bertz CT molecular complexity index is 782. The monoisotopic (exact) mass is 368 g/mol. The molecule has 1 amide bonds. The molecule has 1 aliphatic carbocycles. The van der Waals surface area contributed by atoms with E-state index in [1.165, 1.54) is 18.2 Å². The molecule has 0 aromatic heterocycles. The molecular formula is C18H19F3N2O3. The first-order valence-corrected chi connectivity index (χ1v) is 7.85. The van der Waals surface area contributed by atoms with E-state index in [4.69, 9.17) is 5.73 Å². The second-order valence-corrected chi connectivity index (χ2v) is 6.04. The summed E-state index contributed by atoms with van der Waals surface area (Å²) in [5, 5.41) is 2.48. The summed E-state index contributed by atoms with van der Waals surface area (Å²) in [6.45, 7) is 2.47. The molecule has 0 heterocycles. The summed E-state index contributed by atoms with van der Waals surface area (Å²) in [7, 11) is 0. The summed E-state index contributed by atoms with van der Waals surface area (Å²) >= 11 is 0. The molecule has 3 N–H and O–H groups in total. The molecule has 1 aromatic carbocycles. The Labute approximate surface area is 148 Å². The van der Waals surface area contributed by atoms with E-state index in [2.05, 4.69) is 10.1 Å². The lowest BCUT2D eigenvalue weighted by atomic mass is 9.89. The van der Waals surface area contributed by atoms with Crippen LogP contribution in [0.5, 0.6) is 0 Å². The van der Waals surface area contributed by atoms with E-state index in [0.29, 0.717) is 5.69 Å². The second-order valence-electron chi connectivity index (χ2n) is 6.04. The lowest BCUT2D eigenvalue weighted by molar-refractivity contribution is -0.167. The van der Waals surface area contributed by atoms with Crippen molar-refractivity contribution in [2.75, 3.05) is 12.3 Å². The van der Waals surface area contributed by atoms with Crippen molar-refractivity contribution in [2.24, 2.45) is 5.92 Å². The van der Waals surface area contributed by atoms with Crippen LogP contribution in [0, 0.1) is 12.8 Å². The summed E-state index contributed by atoms with van der Waals surface area (Å²) in [4.78, 5) is 23.1. The van der Waals surface area contributed by atoms with Gasteiger partial charge in [-0.15, -0.1) is 0 Å². The molecule has 0 spiro atoms. The zero-order valence-electron chi connectivity index (χ0n) is 14.3. The molecule has 1 aliphatic rings. The Hall–Kier alpha value is -2.77. The van der Waals surface area contributed by atoms with Crippen LogP contribution >= 0.6 is 0 Å². The number of nitrogen functional groups attached to an aromatic ring is 1. The van der Waals surface area contributed by atoms with Crippen molar-refractivity contribution in [3.63, 3.8) is 0 Å². The van der Waals surface area contributed by atoms with Crippen molar-refractivity contribution in [3.8, 4) is 0 Å². The molecule has 0 saturated carbocycles. The molecule has 1 unspecified atom stereocenters. The molecule has 8 heteroatoms. The van der Waals surface area contributed by atoms with Crippen LogP contribution in [-0.2, 0) is 9.53 Å². The number of aryl methyl sites for hydroxylation is 1. The molecule has 1 aromatic rings. The summed E-state index contributed by atoms with van der Waals surface area (Å²) in [6, 6.07) is 4.68. The van der Waals surface area contributed by atoms with Gasteiger partial charge in [-0.2, -0.15) is 13.2 Å². The number of benzene rings is 1. The van der Waals surface area contributed by atoms with Gasteiger partial charge in [0.15, 0.2) is 0 Å². The van der Waals surface area contributed by atoms with Gasteiger partial charge in [0.2, 0.25) is 0 Å². The van der Waals surface area contributed by atoms with E-state index in [1.807, 2.05) is 0 Å². The number of anilines is 1. The van der Waals surface area contributed by atoms with Gasteiger partial charge in [-0.1, -0.05) is 12.1 Å². The number of allylic oxidation sites excluding steroid dienone is 3. The van der Waals surface area contributed by atoms with Crippen molar-refractivity contribution in [1.82, 2.24) is 5.32 Å². The van der Waals surface area contributed by atoms with Gasteiger partial charge in [-0.3, -0.25) is 9.59 Å². The van der Waals surface area contributed by atoms with Gasteiger partial charge in [0, 0.05) is 30.3 Å². The molecule has 1 atom stereocenters. The number of ether oxygens (including phenoxy) is 1. The maximum Gasteiger partial charge on any atom is 0.395 e. The Kier molecular flexibility index (Phi) is 5.74. The minimum atomic E-state index is -4.52. The van der Waals surface area contributed by atoms with Crippen LogP contribution in [0.4, 0.5) is 18.9 Å². The minimum Gasteiger partial charge on any atom is -0.461 e. The number of esters is 1. The fraction of sp³-hybridized carbons (Fsp3) is 0.333. The number of rotatable bonds is 4. The minimum absolute atomic E-state index is 0.0646. The van der Waals surface area contributed by atoms with Gasteiger partial charge in [0.05, 0.1) is 5.92 Å². The number of alkyl halides is 3. The highest BCUT2D eigenvalue weighted by molar-refractivity contribution is 5.96. The fourth-order valence-electron chi connectivity index (χ4n) is 2.49. The maximum absolute atomic E-state index is 13.3. The fourth-order valence-corrected chi connectivity index (χ4v) is 2.49. The lowest BCUT2D eigenvalue weighted by Crippen LogP contribution is -2.33. The molecular weight excluding hydrogens is 349 g/mol. The van der Waals surface area contributed by atoms with Crippen molar-refractivity contribution in [2.45, 2.75) is 26.4 Å². The van der Waals surface area contributed by atoms with E-state index < -0.39 is 37.0 Å². The number of carbonyl (C=O) groups is 2. The molecule has 0 fully saturated rings. The number of nitrogens with one attached hydrogen (secondary N) is 1.